The van der Waals surface area contributed by atoms with Crippen molar-refractivity contribution in [2.24, 2.45) is 0 Å². The maximum atomic E-state index is 12.4. The number of esters is 1. The van der Waals surface area contributed by atoms with Crippen molar-refractivity contribution in [1.29, 1.82) is 0 Å². The molecule has 1 aliphatic rings. The second-order valence-corrected chi connectivity index (χ2v) is 7.59. The van der Waals surface area contributed by atoms with Crippen LogP contribution in [-0.4, -0.2) is 27.1 Å². The van der Waals surface area contributed by atoms with Gasteiger partial charge in [0.2, 0.25) is 14.9 Å². The van der Waals surface area contributed by atoms with Crippen molar-refractivity contribution < 1.29 is 22.7 Å². The van der Waals surface area contributed by atoms with Crippen LogP contribution in [0.15, 0.2) is 28.2 Å². The molecule has 1 aromatic carbocycles. The summed E-state index contributed by atoms with van der Waals surface area (Å²) in [4.78, 5) is 12.1. The van der Waals surface area contributed by atoms with Crippen molar-refractivity contribution in [3.63, 3.8) is 0 Å². The van der Waals surface area contributed by atoms with Gasteiger partial charge in [0.25, 0.3) is 0 Å². The third kappa shape index (κ3) is 3.10. The van der Waals surface area contributed by atoms with Gasteiger partial charge in [-0.3, -0.25) is 4.79 Å². The van der Waals surface area contributed by atoms with Crippen LogP contribution in [-0.2, 0) is 30.5 Å². The fraction of sp³-hybridized carbons (Fsp3) is 0.400. The van der Waals surface area contributed by atoms with E-state index in [0.717, 1.165) is 0 Å². The Bertz CT molecular complexity index is 708. The SMILES string of the molecule is COC1=Cc2cccc(CC(=O)OC(C)(C)C)c2S1(=O)=O. The lowest BCUT2D eigenvalue weighted by molar-refractivity contribution is -0.153. The first kappa shape index (κ1) is 15.6. The Morgan fingerprint density at radius 1 is 1.24 bits per heavy atom. The molecule has 6 heteroatoms. The molecule has 0 saturated carbocycles. The minimum Gasteiger partial charge on any atom is -0.486 e. The lowest BCUT2D eigenvalue weighted by atomic mass is 10.1. The van der Waals surface area contributed by atoms with Crippen molar-refractivity contribution in [3.05, 3.63) is 34.4 Å². The molecule has 1 aliphatic heterocycles. The van der Waals surface area contributed by atoms with E-state index in [1.54, 1.807) is 39.0 Å². The van der Waals surface area contributed by atoms with Crippen molar-refractivity contribution in [1.82, 2.24) is 0 Å². The van der Waals surface area contributed by atoms with Crippen LogP contribution in [0, 0.1) is 0 Å². The molecule has 1 aromatic rings. The predicted molar refractivity (Wildman–Crippen MR) is 78.2 cm³/mol. The zero-order valence-electron chi connectivity index (χ0n) is 12.5. The van der Waals surface area contributed by atoms with Gasteiger partial charge in [-0.15, -0.1) is 0 Å². The number of carbonyl (C=O) groups excluding carboxylic acids is 1. The highest BCUT2D eigenvalue weighted by Crippen LogP contribution is 2.35. The quantitative estimate of drug-likeness (QED) is 0.801. The molecular formula is C15H18O5S. The zero-order chi connectivity index (χ0) is 15.8. The summed E-state index contributed by atoms with van der Waals surface area (Å²) in [5.41, 5.74) is 0.349. The fourth-order valence-corrected chi connectivity index (χ4v) is 3.82. The van der Waals surface area contributed by atoms with Gasteiger partial charge in [-0.05, 0) is 31.9 Å². The number of hydrogen-bond donors (Lipinski definition) is 0. The van der Waals surface area contributed by atoms with Crippen LogP contribution in [0.2, 0.25) is 0 Å². The third-order valence-electron chi connectivity index (χ3n) is 2.89. The lowest BCUT2D eigenvalue weighted by Crippen LogP contribution is -2.25. The van der Waals surface area contributed by atoms with Crippen LogP contribution in [0.1, 0.15) is 31.9 Å². The van der Waals surface area contributed by atoms with E-state index in [0.29, 0.717) is 11.1 Å². The molecule has 0 spiro atoms. The first-order valence-corrected chi connectivity index (χ1v) is 7.98. The average molecular weight is 310 g/mol. The second-order valence-electron chi connectivity index (χ2n) is 5.77. The molecular weight excluding hydrogens is 292 g/mol. The van der Waals surface area contributed by atoms with Gasteiger partial charge < -0.3 is 9.47 Å². The van der Waals surface area contributed by atoms with E-state index in [4.69, 9.17) is 9.47 Å². The van der Waals surface area contributed by atoms with E-state index in [1.165, 1.54) is 13.2 Å². The Labute approximate surface area is 124 Å². The number of rotatable bonds is 3. The summed E-state index contributed by atoms with van der Waals surface area (Å²) in [6.45, 7) is 5.30. The predicted octanol–water partition coefficient (Wildman–Crippen LogP) is 2.30. The molecule has 0 N–H and O–H groups in total. The molecule has 0 saturated heterocycles. The van der Waals surface area contributed by atoms with Gasteiger partial charge in [0.1, 0.15) is 5.60 Å². The molecule has 2 rings (SSSR count). The van der Waals surface area contributed by atoms with E-state index in [-0.39, 0.29) is 16.4 Å². The molecule has 0 aliphatic carbocycles. The van der Waals surface area contributed by atoms with Gasteiger partial charge in [-0.1, -0.05) is 18.2 Å². The van der Waals surface area contributed by atoms with E-state index >= 15 is 0 Å². The molecule has 21 heavy (non-hydrogen) atoms. The fourth-order valence-electron chi connectivity index (χ4n) is 2.19. The van der Waals surface area contributed by atoms with Crippen molar-refractivity contribution in [2.75, 3.05) is 7.11 Å². The third-order valence-corrected chi connectivity index (χ3v) is 4.74. The van der Waals surface area contributed by atoms with E-state index < -0.39 is 21.4 Å². The van der Waals surface area contributed by atoms with Gasteiger partial charge in [0, 0.05) is 6.08 Å². The molecule has 0 atom stereocenters. The molecule has 5 nitrogen and oxygen atoms in total. The summed E-state index contributed by atoms with van der Waals surface area (Å²) >= 11 is 0. The molecule has 114 valence electrons. The molecule has 0 amide bonds. The van der Waals surface area contributed by atoms with E-state index in [2.05, 4.69) is 0 Å². The minimum absolute atomic E-state index is 0.0928. The summed E-state index contributed by atoms with van der Waals surface area (Å²) in [7, 11) is -2.38. The van der Waals surface area contributed by atoms with E-state index in [1.807, 2.05) is 0 Å². The van der Waals surface area contributed by atoms with Crippen LogP contribution < -0.4 is 0 Å². The van der Waals surface area contributed by atoms with Crippen molar-refractivity contribution in [2.45, 2.75) is 37.7 Å². The maximum absolute atomic E-state index is 12.4. The van der Waals surface area contributed by atoms with Crippen LogP contribution in [0.25, 0.3) is 6.08 Å². The number of carbonyl (C=O) groups is 1. The highest BCUT2D eigenvalue weighted by molar-refractivity contribution is 7.95. The number of hydrogen-bond acceptors (Lipinski definition) is 5. The highest BCUT2D eigenvalue weighted by atomic mass is 32.2. The monoisotopic (exact) mass is 310 g/mol. The van der Waals surface area contributed by atoms with Gasteiger partial charge in [0.15, 0.2) is 0 Å². The van der Waals surface area contributed by atoms with Gasteiger partial charge in [-0.25, -0.2) is 8.42 Å². The molecule has 0 bridgehead atoms. The molecule has 0 fully saturated rings. The first-order chi connectivity index (χ1) is 9.65. The number of methoxy groups -OCH3 is 1. The number of fused-ring (bicyclic) bond motifs is 1. The topological polar surface area (TPSA) is 69.7 Å². The maximum Gasteiger partial charge on any atom is 0.310 e. The Kier molecular flexibility index (Phi) is 3.84. The van der Waals surface area contributed by atoms with Gasteiger partial charge >= 0.3 is 5.97 Å². The van der Waals surface area contributed by atoms with Gasteiger partial charge in [-0.2, -0.15) is 0 Å². The summed E-state index contributed by atoms with van der Waals surface area (Å²) in [6, 6.07) is 5.01. The summed E-state index contributed by atoms with van der Waals surface area (Å²) in [5, 5.41) is -0.103. The van der Waals surface area contributed by atoms with E-state index in [9.17, 15) is 13.2 Å². The Morgan fingerprint density at radius 2 is 1.90 bits per heavy atom. The number of ether oxygens (including phenoxy) is 2. The summed E-state index contributed by atoms with van der Waals surface area (Å²) < 4.78 is 34.9. The zero-order valence-corrected chi connectivity index (χ0v) is 13.3. The summed E-state index contributed by atoms with van der Waals surface area (Å²) in [6.07, 6.45) is 1.37. The van der Waals surface area contributed by atoms with Crippen molar-refractivity contribution >= 4 is 21.9 Å². The average Bonchev–Trinajstić information content (AvgIpc) is 2.59. The molecule has 0 unspecified atom stereocenters. The lowest BCUT2D eigenvalue weighted by Gasteiger charge is -2.19. The summed E-state index contributed by atoms with van der Waals surface area (Å²) in [5.74, 6) is -0.461. The second kappa shape index (κ2) is 5.18. The smallest absolute Gasteiger partial charge is 0.310 e. The van der Waals surface area contributed by atoms with Crippen LogP contribution in [0.3, 0.4) is 0 Å². The normalized spacial score (nSPS) is 16.1. The Balaban J connectivity index is 2.36. The largest absolute Gasteiger partial charge is 0.486 e. The van der Waals surface area contributed by atoms with Crippen LogP contribution >= 0.6 is 0 Å². The first-order valence-electron chi connectivity index (χ1n) is 6.49. The van der Waals surface area contributed by atoms with Crippen LogP contribution in [0.4, 0.5) is 0 Å². The van der Waals surface area contributed by atoms with Gasteiger partial charge in [0.05, 0.1) is 18.4 Å². The molecule has 0 radical (unpaired) electrons. The van der Waals surface area contributed by atoms with Crippen molar-refractivity contribution in [3.8, 4) is 0 Å². The Hall–Kier alpha value is -1.82. The Morgan fingerprint density at radius 3 is 2.48 bits per heavy atom. The minimum atomic E-state index is -3.69. The van der Waals surface area contributed by atoms with Crippen LogP contribution in [0.5, 0.6) is 0 Å². The standard InChI is InChI=1S/C15H18O5S/c1-15(2,3)20-12(16)8-10-6-5-7-11-9-13(19-4)21(17,18)14(10)11/h5-7,9H,8H2,1-4H3. The highest BCUT2D eigenvalue weighted by Gasteiger charge is 2.34. The number of sulfone groups is 1. The number of benzene rings is 1. The molecule has 0 aromatic heterocycles. The molecule has 1 heterocycles.